The average molecular weight is 753 g/mol. The fourth-order valence-corrected chi connectivity index (χ4v) is 9.83. The molecule has 0 radical (unpaired) electrons. The second kappa shape index (κ2) is 14.7. The molecule has 4 aromatic rings. The van der Waals surface area contributed by atoms with Crippen LogP contribution in [0, 0.1) is 5.82 Å². The second-order valence-electron chi connectivity index (χ2n) is 17.1. The summed E-state index contributed by atoms with van der Waals surface area (Å²) >= 11 is 0. The summed E-state index contributed by atoms with van der Waals surface area (Å²) in [6, 6.07) is 12.2. The van der Waals surface area contributed by atoms with E-state index in [2.05, 4.69) is 28.0 Å². The molecule has 0 spiro atoms. The molecule has 5 saturated heterocycles. The molecular formula is C43H53FN6O5. The van der Waals surface area contributed by atoms with Gasteiger partial charge in [0.05, 0.1) is 29.6 Å². The number of aromatic nitrogens is 3. The van der Waals surface area contributed by atoms with Crippen LogP contribution in [0.25, 0.3) is 32.9 Å². The number of hydrogen-bond acceptors (Lipinski definition) is 10. The molecule has 5 aliphatic heterocycles. The lowest BCUT2D eigenvalue weighted by molar-refractivity contribution is -0.161. The van der Waals surface area contributed by atoms with Crippen molar-refractivity contribution in [1.82, 2.24) is 24.8 Å². The summed E-state index contributed by atoms with van der Waals surface area (Å²) in [6.07, 6.45) is 11.2. The number of halogens is 1. The Morgan fingerprint density at radius 1 is 0.982 bits per heavy atom. The first-order chi connectivity index (χ1) is 26.7. The fourth-order valence-electron chi connectivity index (χ4n) is 9.83. The number of carbonyl (C=O) groups is 1. The third-order valence-electron chi connectivity index (χ3n) is 12.4. The molecule has 2 bridgehead atoms. The predicted octanol–water partition coefficient (Wildman–Crippen LogP) is 7.67. The van der Waals surface area contributed by atoms with Gasteiger partial charge in [-0.05, 0) is 114 Å². The second-order valence-corrected chi connectivity index (χ2v) is 17.1. The third kappa shape index (κ3) is 7.10. The summed E-state index contributed by atoms with van der Waals surface area (Å²) < 4.78 is 41.6. The number of amides is 1. The van der Waals surface area contributed by atoms with Crippen molar-refractivity contribution < 1.29 is 28.1 Å². The standard InChI is InChI=1S/C43H53FN6O5/c1-42(2,3)55-41(51)50-30-15-16-31(50)26-48(25-30)39-33-24-45-37(36(44)38(33)46-40(47-39)54-27-43-18-8-20-49(43)21-9-19-43)32-13-7-12-28-10-6-11-29(35(28)32)17-23-53-34-14-4-5-22-52-34/h6-7,10-13,24,30-31,34H,4-5,8-9,14-23,25-27H2,1-3H3. The third-order valence-corrected chi connectivity index (χ3v) is 12.4. The maximum Gasteiger partial charge on any atom is 0.410 e. The lowest BCUT2D eigenvalue weighted by atomic mass is 9.95. The van der Waals surface area contributed by atoms with Gasteiger partial charge in [-0.15, -0.1) is 0 Å². The van der Waals surface area contributed by atoms with Crippen molar-refractivity contribution in [1.29, 1.82) is 0 Å². The van der Waals surface area contributed by atoms with Crippen LogP contribution in [0.4, 0.5) is 15.0 Å². The number of fused-ring (bicyclic) bond motifs is 5. The summed E-state index contributed by atoms with van der Waals surface area (Å²) in [5, 5.41) is 2.49. The van der Waals surface area contributed by atoms with E-state index in [1.165, 1.54) is 0 Å². The first kappa shape index (κ1) is 36.5. The first-order valence-corrected chi connectivity index (χ1v) is 20.4. The molecule has 7 heterocycles. The Kier molecular flexibility index (Phi) is 9.79. The van der Waals surface area contributed by atoms with Crippen LogP contribution in [0.15, 0.2) is 42.6 Å². The normalized spacial score (nSPS) is 23.8. The largest absolute Gasteiger partial charge is 0.461 e. The number of ether oxygens (including phenoxy) is 4. The van der Waals surface area contributed by atoms with Crippen molar-refractivity contribution in [3.63, 3.8) is 0 Å². The van der Waals surface area contributed by atoms with Crippen molar-refractivity contribution >= 4 is 33.6 Å². The molecule has 0 N–H and O–H groups in total. The zero-order valence-corrected chi connectivity index (χ0v) is 32.4. The number of pyridine rings is 1. The van der Waals surface area contributed by atoms with Gasteiger partial charge in [-0.25, -0.2) is 9.18 Å². The Morgan fingerprint density at radius 3 is 2.47 bits per heavy atom. The van der Waals surface area contributed by atoms with E-state index in [0.717, 1.165) is 93.8 Å². The van der Waals surface area contributed by atoms with Gasteiger partial charge >= 0.3 is 12.1 Å². The van der Waals surface area contributed by atoms with Gasteiger partial charge < -0.3 is 23.8 Å². The number of piperazine rings is 1. The highest BCUT2D eigenvalue weighted by Crippen LogP contribution is 2.41. The van der Waals surface area contributed by atoms with Crippen molar-refractivity contribution in [2.45, 2.75) is 114 Å². The predicted molar refractivity (Wildman–Crippen MR) is 209 cm³/mol. The Balaban J connectivity index is 1.08. The zero-order chi connectivity index (χ0) is 37.7. The highest BCUT2D eigenvalue weighted by atomic mass is 19.1. The molecule has 5 aliphatic rings. The van der Waals surface area contributed by atoms with E-state index in [-0.39, 0.29) is 47.2 Å². The van der Waals surface area contributed by atoms with Crippen molar-refractivity contribution in [3.8, 4) is 17.3 Å². The maximum absolute atomic E-state index is 17.3. The molecule has 0 saturated carbocycles. The molecule has 292 valence electrons. The summed E-state index contributed by atoms with van der Waals surface area (Å²) in [5.74, 6) is 0.0867. The number of nitrogens with zero attached hydrogens (tertiary/aromatic N) is 6. The van der Waals surface area contributed by atoms with Gasteiger partial charge in [0.1, 0.15) is 29.2 Å². The van der Waals surface area contributed by atoms with Crippen LogP contribution in [-0.2, 0) is 20.6 Å². The van der Waals surface area contributed by atoms with Crippen LogP contribution in [0.1, 0.15) is 84.1 Å². The number of anilines is 1. The summed E-state index contributed by atoms with van der Waals surface area (Å²) in [7, 11) is 0. The highest BCUT2D eigenvalue weighted by molar-refractivity contribution is 6.00. The van der Waals surface area contributed by atoms with Crippen molar-refractivity contribution in [3.05, 3.63) is 54.0 Å². The monoisotopic (exact) mass is 752 g/mol. The molecular weight excluding hydrogens is 700 g/mol. The molecule has 55 heavy (non-hydrogen) atoms. The lowest BCUT2D eigenvalue weighted by Gasteiger charge is -2.42. The zero-order valence-electron chi connectivity index (χ0n) is 32.4. The molecule has 5 fully saturated rings. The van der Waals surface area contributed by atoms with Crippen LogP contribution in [0.2, 0.25) is 0 Å². The Labute approximate surface area is 322 Å². The Hall–Kier alpha value is -4.13. The molecule has 3 atom stereocenters. The number of rotatable bonds is 9. The number of benzene rings is 2. The van der Waals surface area contributed by atoms with E-state index < -0.39 is 11.4 Å². The molecule has 9 rings (SSSR count). The summed E-state index contributed by atoms with van der Waals surface area (Å²) in [4.78, 5) is 34.6. The lowest BCUT2D eigenvalue weighted by Crippen LogP contribution is -2.57. The van der Waals surface area contributed by atoms with Crippen LogP contribution in [0.3, 0.4) is 0 Å². The Bertz CT molecular complexity index is 2040. The fraction of sp³-hybridized carbons (Fsp3) is 0.581. The average Bonchev–Trinajstić information content (AvgIpc) is 3.84. The van der Waals surface area contributed by atoms with Crippen LogP contribution in [0.5, 0.6) is 6.01 Å². The van der Waals surface area contributed by atoms with Gasteiger partial charge in [-0.2, -0.15) is 9.97 Å². The molecule has 11 nitrogen and oxygen atoms in total. The minimum absolute atomic E-state index is 0.0231. The van der Waals surface area contributed by atoms with E-state index in [4.69, 9.17) is 33.9 Å². The number of hydrogen-bond donors (Lipinski definition) is 0. The van der Waals surface area contributed by atoms with E-state index >= 15 is 4.39 Å². The van der Waals surface area contributed by atoms with Crippen molar-refractivity contribution in [2.24, 2.45) is 0 Å². The molecule has 2 aromatic heterocycles. The first-order valence-electron chi connectivity index (χ1n) is 20.4. The minimum Gasteiger partial charge on any atom is -0.461 e. The van der Waals surface area contributed by atoms with Gasteiger partial charge in [-0.3, -0.25) is 14.8 Å². The van der Waals surface area contributed by atoms with Crippen LogP contribution in [-0.4, -0.2) is 106 Å². The van der Waals surface area contributed by atoms with E-state index in [1.807, 2.05) is 43.9 Å². The van der Waals surface area contributed by atoms with Gasteiger partial charge in [-0.1, -0.05) is 36.4 Å². The SMILES string of the molecule is CC(C)(C)OC(=O)N1C2CCC1CN(c1nc(OCC34CCCN3CCC4)nc3c(F)c(-c4cccc5cccc(CCOC6CCCCO6)c45)ncc13)C2. The van der Waals surface area contributed by atoms with Crippen LogP contribution >= 0.6 is 0 Å². The van der Waals surface area contributed by atoms with Crippen molar-refractivity contribution in [2.75, 3.05) is 50.9 Å². The van der Waals surface area contributed by atoms with E-state index in [9.17, 15) is 4.79 Å². The number of carbonyl (C=O) groups excluding carboxylic acids is 1. The maximum atomic E-state index is 17.3. The molecule has 1 amide bonds. The molecule has 3 unspecified atom stereocenters. The summed E-state index contributed by atoms with van der Waals surface area (Å²) in [5.41, 5.74) is 1.59. The molecule has 0 aliphatic carbocycles. The summed E-state index contributed by atoms with van der Waals surface area (Å²) in [6.45, 7) is 10.6. The van der Waals surface area contributed by atoms with E-state index in [0.29, 0.717) is 49.5 Å². The highest BCUT2D eigenvalue weighted by Gasteiger charge is 2.46. The topological polar surface area (TPSA) is 102 Å². The van der Waals surface area contributed by atoms with Crippen LogP contribution < -0.4 is 9.64 Å². The van der Waals surface area contributed by atoms with Gasteiger partial charge in [0.15, 0.2) is 12.1 Å². The Morgan fingerprint density at radius 2 is 1.75 bits per heavy atom. The molecule has 2 aromatic carbocycles. The van der Waals surface area contributed by atoms with Gasteiger partial charge in [0, 0.05) is 31.5 Å². The van der Waals surface area contributed by atoms with Gasteiger partial charge in [0.2, 0.25) is 0 Å². The smallest absolute Gasteiger partial charge is 0.410 e. The molecule has 12 heteroatoms. The van der Waals surface area contributed by atoms with Gasteiger partial charge in [0.25, 0.3) is 0 Å². The quantitative estimate of drug-likeness (QED) is 0.169. The van der Waals surface area contributed by atoms with E-state index in [1.54, 1.807) is 6.20 Å². The minimum atomic E-state index is -0.583.